The number of benzene rings is 2. The van der Waals surface area contributed by atoms with Crippen molar-refractivity contribution >= 4 is 22.6 Å². The van der Waals surface area contributed by atoms with Crippen molar-refractivity contribution in [2.24, 2.45) is 5.73 Å². The molecule has 21 heavy (non-hydrogen) atoms. The number of nitrogens with two attached hydrogens (primary N) is 1. The molecule has 1 heterocycles. The second kappa shape index (κ2) is 5.68. The van der Waals surface area contributed by atoms with Gasteiger partial charge in [0.25, 0.3) is 0 Å². The van der Waals surface area contributed by atoms with E-state index in [9.17, 15) is 0 Å². The van der Waals surface area contributed by atoms with Crippen LogP contribution in [-0.2, 0) is 0 Å². The molecular formula is C16H14ClN3O. The van der Waals surface area contributed by atoms with Crippen molar-refractivity contribution < 1.29 is 4.74 Å². The lowest BCUT2D eigenvalue weighted by Crippen LogP contribution is -2.13. The number of ether oxygens (including phenoxy) is 1. The third-order valence-corrected chi connectivity index (χ3v) is 3.71. The number of nitrogens with zero attached hydrogens (tertiary/aromatic N) is 2. The van der Waals surface area contributed by atoms with E-state index < -0.39 is 0 Å². The van der Waals surface area contributed by atoms with Gasteiger partial charge in [-0.25, -0.2) is 0 Å². The maximum Gasteiger partial charge on any atom is 0.137 e. The molecule has 0 amide bonds. The summed E-state index contributed by atoms with van der Waals surface area (Å²) >= 11 is 6.05. The summed E-state index contributed by atoms with van der Waals surface area (Å²) in [5.74, 6) is 0.607. The Labute approximate surface area is 127 Å². The van der Waals surface area contributed by atoms with Crippen molar-refractivity contribution in [1.29, 1.82) is 0 Å². The summed E-state index contributed by atoms with van der Waals surface area (Å²) in [4.78, 5) is 8.69. The van der Waals surface area contributed by atoms with E-state index in [1.165, 1.54) is 0 Å². The van der Waals surface area contributed by atoms with E-state index in [4.69, 9.17) is 22.1 Å². The average Bonchev–Trinajstić information content (AvgIpc) is 2.54. The Balaban J connectivity index is 2.10. The van der Waals surface area contributed by atoms with Crippen LogP contribution in [0.1, 0.15) is 17.2 Å². The standard InChI is InChI=1S/C16H14ClN3O/c1-21-14-9-10(5-6-12(14)17)15(18)11-3-2-4-13-16(11)20-8-7-19-13/h2-9,15H,18H2,1H3. The van der Waals surface area contributed by atoms with Gasteiger partial charge in [-0.15, -0.1) is 0 Å². The highest BCUT2D eigenvalue weighted by molar-refractivity contribution is 6.32. The Morgan fingerprint density at radius 2 is 1.95 bits per heavy atom. The first kappa shape index (κ1) is 13.8. The van der Waals surface area contributed by atoms with Crippen LogP contribution in [0.3, 0.4) is 0 Å². The lowest BCUT2D eigenvalue weighted by Gasteiger charge is -2.15. The second-order valence-electron chi connectivity index (χ2n) is 4.64. The van der Waals surface area contributed by atoms with Crippen LogP contribution >= 0.6 is 11.6 Å². The first-order chi connectivity index (χ1) is 10.2. The first-order valence-corrected chi connectivity index (χ1v) is 6.87. The fraction of sp³-hybridized carbons (Fsp3) is 0.125. The number of para-hydroxylation sites is 1. The fourth-order valence-corrected chi connectivity index (χ4v) is 2.51. The number of hydrogen-bond acceptors (Lipinski definition) is 4. The predicted octanol–water partition coefficient (Wildman–Crippen LogP) is 3.34. The number of hydrogen-bond donors (Lipinski definition) is 1. The fourth-order valence-electron chi connectivity index (χ4n) is 2.32. The van der Waals surface area contributed by atoms with Crippen molar-refractivity contribution in [3.8, 4) is 5.75 Å². The summed E-state index contributed by atoms with van der Waals surface area (Å²) in [5, 5.41) is 0.561. The third-order valence-electron chi connectivity index (χ3n) is 3.40. The molecule has 106 valence electrons. The SMILES string of the molecule is COc1cc(C(N)c2cccc3nccnc23)ccc1Cl. The van der Waals surface area contributed by atoms with Crippen LogP contribution in [0.5, 0.6) is 5.75 Å². The van der Waals surface area contributed by atoms with Gasteiger partial charge in [0.05, 0.1) is 29.2 Å². The van der Waals surface area contributed by atoms with E-state index in [1.807, 2.05) is 30.3 Å². The van der Waals surface area contributed by atoms with E-state index in [0.717, 1.165) is 22.2 Å². The molecule has 4 nitrogen and oxygen atoms in total. The van der Waals surface area contributed by atoms with Gasteiger partial charge in [-0.3, -0.25) is 9.97 Å². The molecule has 0 aliphatic heterocycles. The predicted molar refractivity (Wildman–Crippen MR) is 83.6 cm³/mol. The zero-order chi connectivity index (χ0) is 14.8. The highest BCUT2D eigenvalue weighted by atomic mass is 35.5. The molecule has 2 aromatic carbocycles. The minimum absolute atomic E-state index is 0.323. The van der Waals surface area contributed by atoms with Crippen LogP contribution in [0.4, 0.5) is 0 Å². The molecule has 1 atom stereocenters. The normalized spacial score (nSPS) is 12.3. The van der Waals surface area contributed by atoms with Gasteiger partial charge < -0.3 is 10.5 Å². The van der Waals surface area contributed by atoms with E-state index in [2.05, 4.69) is 9.97 Å². The molecule has 0 spiro atoms. The third kappa shape index (κ3) is 2.55. The quantitative estimate of drug-likeness (QED) is 0.806. The molecule has 1 unspecified atom stereocenters. The molecule has 1 aromatic heterocycles. The minimum atomic E-state index is -0.323. The summed E-state index contributed by atoms with van der Waals surface area (Å²) in [6, 6.07) is 11.0. The number of rotatable bonds is 3. The Kier molecular flexibility index (Phi) is 3.73. The maximum atomic E-state index is 6.39. The van der Waals surface area contributed by atoms with Crippen LogP contribution in [0, 0.1) is 0 Å². The van der Waals surface area contributed by atoms with Crippen LogP contribution < -0.4 is 10.5 Å². The number of fused-ring (bicyclic) bond motifs is 1. The molecule has 0 aliphatic carbocycles. The van der Waals surface area contributed by atoms with Crippen molar-refractivity contribution in [3.05, 3.63) is 64.9 Å². The number of methoxy groups -OCH3 is 1. The Bertz CT molecular complexity index is 786. The van der Waals surface area contributed by atoms with E-state index in [1.54, 1.807) is 25.6 Å². The zero-order valence-electron chi connectivity index (χ0n) is 11.5. The van der Waals surface area contributed by atoms with E-state index >= 15 is 0 Å². The lowest BCUT2D eigenvalue weighted by molar-refractivity contribution is 0.414. The molecule has 3 aromatic rings. The summed E-state index contributed by atoms with van der Waals surface area (Å²) < 4.78 is 5.24. The van der Waals surface area contributed by atoms with Gasteiger partial charge in [0.2, 0.25) is 0 Å². The number of halogens is 1. The van der Waals surface area contributed by atoms with Crippen LogP contribution in [-0.4, -0.2) is 17.1 Å². The molecule has 0 aliphatic rings. The zero-order valence-corrected chi connectivity index (χ0v) is 12.2. The molecule has 0 bridgehead atoms. The van der Waals surface area contributed by atoms with Gasteiger partial charge in [-0.1, -0.05) is 29.8 Å². The number of aromatic nitrogens is 2. The second-order valence-corrected chi connectivity index (χ2v) is 5.05. The van der Waals surface area contributed by atoms with Crippen LogP contribution in [0.15, 0.2) is 48.8 Å². The van der Waals surface area contributed by atoms with Gasteiger partial charge in [0.1, 0.15) is 5.75 Å². The first-order valence-electron chi connectivity index (χ1n) is 6.49. The van der Waals surface area contributed by atoms with Crippen molar-refractivity contribution in [1.82, 2.24) is 9.97 Å². The van der Waals surface area contributed by atoms with E-state index in [0.29, 0.717) is 10.8 Å². The topological polar surface area (TPSA) is 61.0 Å². The summed E-state index contributed by atoms with van der Waals surface area (Å²) in [7, 11) is 1.58. The maximum absolute atomic E-state index is 6.39. The summed E-state index contributed by atoms with van der Waals surface area (Å²) in [6.45, 7) is 0. The van der Waals surface area contributed by atoms with Crippen LogP contribution in [0.2, 0.25) is 5.02 Å². The van der Waals surface area contributed by atoms with Gasteiger partial charge in [-0.05, 0) is 23.8 Å². The molecule has 0 radical (unpaired) electrons. The summed E-state index contributed by atoms with van der Waals surface area (Å²) in [5.41, 5.74) is 9.85. The van der Waals surface area contributed by atoms with Crippen molar-refractivity contribution in [2.75, 3.05) is 7.11 Å². The molecule has 0 fully saturated rings. The van der Waals surface area contributed by atoms with E-state index in [-0.39, 0.29) is 6.04 Å². The Morgan fingerprint density at radius 1 is 1.14 bits per heavy atom. The Morgan fingerprint density at radius 3 is 2.76 bits per heavy atom. The van der Waals surface area contributed by atoms with Gasteiger partial charge in [0, 0.05) is 18.0 Å². The molecule has 0 saturated heterocycles. The van der Waals surface area contributed by atoms with Gasteiger partial charge >= 0.3 is 0 Å². The smallest absolute Gasteiger partial charge is 0.137 e. The monoisotopic (exact) mass is 299 g/mol. The Hall–Kier alpha value is -2.17. The molecular weight excluding hydrogens is 286 g/mol. The minimum Gasteiger partial charge on any atom is -0.495 e. The molecule has 0 saturated carbocycles. The van der Waals surface area contributed by atoms with Crippen molar-refractivity contribution in [2.45, 2.75) is 6.04 Å². The van der Waals surface area contributed by atoms with Gasteiger partial charge in [0.15, 0.2) is 0 Å². The van der Waals surface area contributed by atoms with Gasteiger partial charge in [-0.2, -0.15) is 0 Å². The largest absolute Gasteiger partial charge is 0.495 e. The molecule has 5 heteroatoms. The highest BCUT2D eigenvalue weighted by Crippen LogP contribution is 2.31. The summed E-state index contributed by atoms with van der Waals surface area (Å²) in [6.07, 6.45) is 3.34. The van der Waals surface area contributed by atoms with Crippen molar-refractivity contribution in [3.63, 3.8) is 0 Å². The average molecular weight is 300 g/mol. The van der Waals surface area contributed by atoms with Crippen LogP contribution in [0.25, 0.3) is 11.0 Å². The highest BCUT2D eigenvalue weighted by Gasteiger charge is 2.15. The molecule has 2 N–H and O–H groups in total. The molecule has 3 rings (SSSR count). The lowest BCUT2D eigenvalue weighted by atomic mass is 9.98.